The molecule has 84 valence electrons. The Bertz CT molecular complexity index is 337. The number of hydrogen-bond acceptors (Lipinski definition) is 3. The number of hydroxylamine groups is 1. The first kappa shape index (κ1) is 11.9. The van der Waals surface area contributed by atoms with Crippen molar-refractivity contribution in [1.82, 2.24) is 5.48 Å². The molecule has 1 rings (SSSR count). The number of rotatable bonds is 4. The molecule has 5 heteroatoms. The van der Waals surface area contributed by atoms with Crippen LogP contribution in [0.25, 0.3) is 0 Å². The molecule has 0 aliphatic carbocycles. The standard InChI is InChI=1S/C10H13F2NO2/c1-10(11,12)8-5-7(6-13-14)3-4-9(8)15-2/h3-5,13-14H,6H2,1-2H3. The maximum atomic E-state index is 13.2. The Balaban J connectivity index is 3.13. The van der Waals surface area contributed by atoms with Gasteiger partial charge in [0.05, 0.1) is 12.7 Å². The van der Waals surface area contributed by atoms with Crippen LogP contribution in [-0.2, 0) is 12.5 Å². The van der Waals surface area contributed by atoms with E-state index in [9.17, 15) is 8.78 Å². The number of nitrogens with one attached hydrogen (secondary N) is 1. The van der Waals surface area contributed by atoms with Crippen molar-refractivity contribution in [3.8, 4) is 5.75 Å². The predicted molar refractivity (Wildman–Crippen MR) is 51.2 cm³/mol. The summed E-state index contributed by atoms with van der Waals surface area (Å²) < 4.78 is 31.2. The average Bonchev–Trinajstić information content (AvgIpc) is 2.17. The number of alkyl halides is 2. The molecule has 0 aliphatic heterocycles. The van der Waals surface area contributed by atoms with E-state index in [1.165, 1.54) is 19.2 Å². The highest BCUT2D eigenvalue weighted by molar-refractivity contribution is 5.39. The maximum Gasteiger partial charge on any atom is 0.274 e. The SMILES string of the molecule is COc1ccc(CNO)cc1C(C)(F)F. The zero-order valence-corrected chi connectivity index (χ0v) is 8.55. The molecule has 3 nitrogen and oxygen atoms in total. The van der Waals surface area contributed by atoms with Gasteiger partial charge in [0.15, 0.2) is 0 Å². The summed E-state index contributed by atoms with van der Waals surface area (Å²) in [5.74, 6) is -2.82. The summed E-state index contributed by atoms with van der Waals surface area (Å²) in [7, 11) is 1.34. The number of hydrogen-bond donors (Lipinski definition) is 2. The highest BCUT2D eigenvalue weighted by Gasteiger charge is 2.28. The van der Waals surface area contributed by atoms with Gasteiger partial charge in [-0.3, -0.25) is 0 Å². The van der Waals surface area contributed by atoms with Crippen LogP contribution in [0.2, 0.25) is 0 Å². The summed E-state index contributed by atoms with van der Waals surface area (Å²) in [6.07, 6.45) is 0. The van der Waals surface area contributed by atoms with Crippen molar-refractivity contribution < 1.29 is 18.7 Å². The van der Waals surface area contributed by atoms with E-state index in [-0.39, 0.29) is 17.9 Å². The van der Waals surface area contributed by atoms with Gasteiger partial charge in [-0.15, -0.1) is 0 Å². The molecule has 0 bridgehead atoms. The fraction of sp³-hybridized carbons (Fsp3) is 0.400. The van der Waals surface area contributed by atoms with Crippen molar-refractivity contribution >= 4 is 0 Å². The molecule has 15 heavy (non-hydrogen) atoms. The summed E-state index contributed by atoms with van der Waals surface area (Å²) in [4.78, 5) is 0. The lowest BCUT2D eigenvalue weighted by atomic mass is 10.0. The molecule has 0 fully saturated rings. The molecule has 0 atom stereocenters. The van der Waals surface area contributed by atoms with Crippen LogP contribution < -0.4 is 10.2 Å². The minimum Gasteiger partial charge on any atom is -0.496 e. The molecule has 0 amide bonds. The van der Waals surface area contributed by atoms with Crippen molar-refractivity contribution in [1.29, 1.82) is 0 Å². The third-order valence-corrected chi connectivity index (χ3v) is 2.02. The minimum absolute atomic E-state index is 0.118. The van der Waals surface area contributed by atoms with Gasteiger partial charge in [-0.2, -0.15) is 0 Å². The van der Waals surface area contributed by atoms with Crippen molar-refractivity contribution in [2.75, 3.05) is 7.11 Å². The smallest absolute Gasteiger partial charge is 0.274 e. The van der Waals surface area contributed by atoms with Gasteiger partial charge in [-0.1, -0.05) is 6.07 Å². The van der Waals surface area contributed by atoms with Crippen LogP contribution in [0.5, 0.6) is 5.75 Å². The number of methoxy groups -OCH3 is 1. The van der Waals surface area contributed by atoms with Crippen LogP contribution in [-0.4, -0.2) is 12.3 Å². The monoisotopic (exact) mass is 217 g/mol. The lowest BCUT2D eigenvalue weighted by Crippen LogP contribution is -2.12. The number of halogens is 2. The van der Waals surface area contributed by atoms with Crippen molar-refractivity contribution in [3.63, 3.8) is 0 Å². The van der Waals surface area contributed by atoms with Gasteiger partial charge in [-0.25, -0.2) is 14.3 Å². The number of ether oxygens (including phenoxy) is 1. The van der Waals surface area contributed by atoms with E-state index in [2.05, 4.69) is 0 Å². The Morgan fingerprint density at radius 1 is 1.47 bits per heavy atom. The van der Waals surface area contributed by atoms with E-state index in [0.29, 0.717) is 5.56 Å². The molecule has 1 aromatic carbocycles. The summed E-state index contributed by atoms with van der Waals surface area (Å²) in [5.41, 5.74) is 2.30. The molecule has 0 aromatic heterocycles. The molecule has 0 radical (unpaired) electrons. The minimum atomic E-state index is -2.96. The topological polar surface area (TPSA) is 41.5 Å². The molecule has 0 spiro atoms. The first-order chi connectivity index (χ1) is 6.99. The lowest BCUT2D eigenvalue weighted by Gasteiger charge is -2.16. The third kappa shape index (κ3) is 2.87. The van der Waals surface area contributed by atoms with Gasteiger partial charge in [0, 0.05) is 13.5 Å². The average molecular weight is 217 g/mol. The maximum absolute atomic E-state index is 13.2. The molecular weight excluding hydrogens is 204 g/mol. The second-order valence-electron chi connectivity index (χ2n) is 3.26. The zero-order chi connectivity index (χ0) is 11.5. The van der Waals surface area contributed by atoms with Gasteiger partial charge < -0.3 is 9.94 Å². The van der Waals surface area contributed by atoms with Gasteiger partial charge in [-0.05, 0) is 17.7 Å². The summed E-state index contributed by atoms with van der Waals surface area (Å²) in [5, 5.41) is 8.47. The molecule has 1 aromatic rings. The van der Waals surface area contributed by atoms with Gasteiger partial charge in [0.2, 0.25) is 0 Å². The Labute approximate surface area is 86.6 Å². The van der Waals surface area contributed by atoms with Crippen LogP contribution in [0.4, 0.5) is 8.78 Å². The third-order valence-electron chi connectivity index (χ3n) is 2.02. The molecule has 0 aliphatic rings. The fourth-order valence-electron chi connectivity index (χ4n) is 1.30. The highest BCUT2D eigenvalue weighted by atomic mass is 19.3. The van der Waals surface area contributed by atoms with Crippen molar-refractivity contribution in [2.24, 2.45) is 0 Å². The largest absolute Gasteiger partial charge is 0.496 e. The van der Waals surface area contributed by atoms with Crippen molar-refractivity contribution in [3.05, 3.63) is 29.3 Å². The second-order valence-corrected chi connectivity index (χ2v) is 3.26. The zero-order valence-electron chi connectivity index (χ0n) is 8.55. The fourth-order valence-corrected chi connectivity index (χ4v) is 1.30. The highest BCUT2D eigenvalue weighted by Crippen LogP contribution is 2.34. The second kappa shape index (κ2) is 4.55. The Morgan fingerprint density at radius 2 is 2.13 bits per heavy atom. The van der Waals surface area contributed by atoms with E-state index in [1.54, 1.807) is 6.07 Å². The van der Waals surface area contributed by atoms with Crippen LogP contribution in [0.1, 0.15) is 18.1 Å². The van der Waals surface area contributed by atoms with Gasteiger partial charge in [0.1, 0.15) is 5.75 Å². The summed E-state index contributed by atoms with van der Waals surface area (Å²) in [6, 6.07) is 4.37. The summed E-state index contributed by atoms with van der Waals surface area (Å²) in [6.45, 7) is 0.925. The van der Waals surface area contributed by atoms with Crippen LogP contribution >= 0.6 is 0 Å². The molecule has 2 N–H and O–H groups in total. The Morgan fingerprint density at radius 3 is 2.60 bits per heavy atom. The van der Waals surface area contributed by atoms with Crippen molar-refractivity contribution in [2.45, 2.75) is 19.4 Å². The molecule has 0 saturated heterocycles. The van der Waals surface area contributed by atoms with Crippen LogP contribution in [0.3, 0.4) is 0 Å². The quantitative estimate of drug-likeness (QED) is 0.760. The summed E-state index contributed by atoms with van der Waals surface area (Å²) >= 11 is 0. The normalized spacial score (nSPS) is 11.5. The lowest BCUT2D eigenvalue weighted by molar-refractivity contribution is 0.0149. The van der Waals surface area contributed by atoms with Gasteiger partial charge >= 0.3 is 0 Å². The van der Waals surface area contributed by atoms with E-state index in [4.69, 9.17) is 9.94 Å². The van der Waals surface area contributed by atoms with Crippen LogP contribution in [0.15, 0.2) is 18.2 Å². The molecule has 0 heterocycles. The number of benzene rings is 1. The predicted octanol–water partition coefficient (Wildman–Crippen LogP) is 2.29. The molecule has 0 saturated carbocycles. The Hall–Kier alpha value is -1.20. The van der Waals surface area contributed by atoms with Crippen LogP contribution in [0, 0.1) is 0 Å². The first-order valence-corrected chi connectivity index (χ1v) is 4.41. The van der Waals surface area contributed by atoms with E-state index in [1.807, 2.05) is 5.48 Å². The first-order valence-electron chi connectivity index (χ1n) is 4.41. The molecule has 0 unspecified atom stereocenters. The van der Waals surface area contributed by atoms with E-state index >= 15 is 0 Å². The van der Waals surface area contributed by atoms with E-state index in [0.717, 1.165) is 6.92 Å². The Kier molecular flexibility index (Phi) is 3.60. The molecular formula is C10H13F2NO2. The van der Waals surface area contributed by atoms with Gasteiger partial charge in [0.25, 0.3) is 5.92 Å². The van der Waals surface area contributed by atoms with E-state index < -0.39 is 5.92 Å².